The fourth-order valence-electron chi connectivity index (χ4n) is 1.27. The normalized spacial score (nSPS) is 11.6. The molecule has 94 valence electrons. The van der Waals surface area contributed by atoms with Crippen molar-refractivity contribution in [2.24, 2.45) is 16.6 Å². The summed E-state index contributed by atoms with van der Waals surface area (Å²) in [6.45, 7) is 7.57. The third-order valence-corrected chi connectivity index (χ3v) is 2.06. The molecule has 17 heavy (non-hydrogen) atoms. The second-order valence-electron chi connectivity index (χ2n) is 4.20. The molecule has 0 aromatic heterocycles. The number of nitrogens with one attached hydrogen (secondary N) is 1. The molecule has 0 unspecified atom stereocenters. The summed E-state index contributed by atoms with van der Waals surface area (Å²) in [5.74, 6) is 1.81. The van der Waals surface area contributed by atoms with Gasteiger partial charge in [0.15, 0.2) is 5.96 Å². The van der Waals surface area contributed by atoms with Gasteiger partial charge in [-0.1, -0.05) is 13.8 Å². The van der Waals surface area contributed by atoms with Crippen LogP contribution in [0.2, 0.25) is 0 Å². The number of aliphatic imine (C=N–C) groups is 1. The van der Waals surface area contributed by atoms with Crippen molar-refractivity contribution in [2.45, 2.75) is 20.8 Å². The largest absolute Gasteiger partial charge is 0.494 e. The minimum absolute atomic E-state index is 0.447. The number of nitrogens with two attached hydrogens (primary N) is 1. The van der Waals surface area contributed by atoms with Crippen LogP contribution < -0.4 is 15.8 Å². The van der Waals surface area contributed by atoms with Gasteiger partial charge < -0.3 is 15.8 Å². The molecule has 0 atom stereocenters. The van der Waals surface area contributed by atoms with Gasteiger partial charge in [0.1, 0.15) is 5.75 Å². The lowest BCUT2D eigenvalue weighted by atomic mass is 10.2. The van der Waals surface area contributed by atoms with Crippen LogP contribution >= 0.6 is 0 Å². The molecule has 4 nitrogen and oxygen atoms in total. The Morgan fingerprint density at radius 1 is 1.35 bits per heavy atom. The van der Waals surface area contributed by atoms with Gasteiger partial charge in [0.05, 0.1) is 6.61 Å². The predicted octanol–water partition coefficient (Wildman–Crippen LogP) is 2.47. The summed E-state index contributed by atoms with van der Waals surface area (Å²) >= 11 is 0. The van der Waals surface area contributed by atoms with Gasteiger partial charge in [0.2, 0.25) is 0 Å². The zero-order valence-electron chi connectivity index (χ0n) is 10.7. The Labute approximate surface area is 103 Å². The average Bonchev–Trinajstić information content (AvgIpc) is 2.29. The molecule has 0 aliphatic rings. The van der Waals surface area contributed by atoms with Crippen molar-refractivity contribution < 1.29 is 4.74 Å². The molecule has 0 heterocycles. The van der Waals surface area contributed by atoms with Crippen LogP contribution in [0.3, 0.4) is 0 Å². The second-order valence-corrected chi connectivity index (χ2v) is 4.20. The maximum absolute atomic E-state index is 5.76. The first kappa shape index (κ1) is 13.4. The SMILES string of the molecule is CCOc1ccc(NC(N)=NCC(C)C)cc1. The van der Waals surface area contributed by atoms with Crippen molar-refractivity contribution in [2.75, 3.05) is 18.5 Å². The Bertz CT molecular complexity index is 357. The summed E-state index contributed by atoms with van der Waals surface area (Å²) in [6, 6.07) is 7.65. The number of nitrogens with zero attached hydrogens (tertiary/aromatic N) is 1. The van der Waals surface area contributed by atoms with Gasteiger partial charge in [-0.2, -0.15) is 0 Å². The number of hydrogen-bond acceptors (Lipinski definition) is 2. The van der Waals surface area contributed by atoms with E-state index in [0.29, 0.717) is 18.5 Å². The van der Waals surface area contributed by atoms with Crippen molar-refractivity contribution >= 4 is 11.6 Å². The molecular weight excluding hydrogens is 214 g/mol. The highest BCUT2D eigenvalue weighted by Crippen LogP contribution is 2.15. The topological polar surface area (TPSA) is 59.6 Å². The molecule has 0 aliphatic heterocycles. The molecule has 0 bridgehead atoms. The average molecular weight is 235 g/mol. The van der Waals surface area contributed by atoms with Crippen molar-refractivity contribution in [1.29, 1.82) is 0 Å². The predicted molar refractivity (Wildman–Crippen MR) is 72.6 cm³/mol. The Morgan fingerprint density at radius 2 is 2.00 bits per heavy atom. The van der Waals surface area contributed by atoms with Crippen molar-refractivity contribution in [3.63, 3.8) is 0 Å². The van der Waals surface area contributed by atoms with Crippen LogP contribution in [-0.4, -0.2) is 19.1 Å². The van der Waals surface area contributed by atoms with Crippen LogP contribution in [0.25, 0.3) is 0 Å². The Balaban J connectivity index is 2.53. The fraction of sp³-hybridized carbons (Fsp3) is 0.462. The molecule has 0 saturated carbocycles. The summed E-state index contributed by atoms with van der Waals surface area (Å²) in [7, 11) is 0. The first-order valence-corrected chi connectivity index (χ1v) is 5.91. The number of ether oxygens (including phenoxy) is 1. The number of rotatable bonds is 5. The molecule has 1 rings (SSSR count). The molecular formula is C13H21N3O. The van der Waals surface area contributed by atoms with Crippen LogP contribution in [-0.2, 0) is 0 Å². The highest BCUT2D eigenvalue weighted by atomic mass is 16.5. The summed E-state index contributed by atoms with van der Waals surface area (Å²) in [6.07, 6.45) is 0. The third kappa shape index (κ3) is 5.24. The summed E-state index contributed by atoms with van der Waals surface area (Å²) in [5, 5.41) is 3.04. The fourth-order valence-corrected chi connectivity index (χ4v) is 1.27. The van der Waals surface area contributed by atoms with Gasteiger partial charge in [-0.15, -0.1) is 0 Å². The first-order chi connectivity index (χ1) is 8.11. The first-order valence-electron chi connectivity index (χ1n) is 5.91. The number of guanidine groups is 1. The zero-order valence-corrected chi connectivity index (χ0v) is 10.7. The van der Waals surface area contributed by atoms with E-state index in [1.807, 2.05) is 31.2 Å². The van der Waals surface area contributed by atoms with Crippen molar-refractivity contribution in [1.82, 2.24) is 0 Å². The highest BCUT2D eigenvalue weighted by Gasteiger charge is 1.97. The van der Waals surface area contributed by atoms with E-state index in [0.717, 1.165) is 18.0 Å². The molecule has 1 aromatic carbocycles. The lowest BCUT2D eigenvalue weighted by Crippen LogP contribution is -2.23. The van der Waals surface area contributed by atoms with E-state index in [-0.39, 0.29) is 0 Å². The molecule has 0 spiro atoms. The van der Waals surface area contributed by atoms with E-state index in [1.54, 1.807) is 0 Å². The van der Waals surface area contributed by atoms with E-state index < -0.39 is 0 Å². The van der Waals surface area contributed by atoms with Crippen LogP contribution in [0.5, 0.6) is 5.75 Å². The minimum Gasteiger partial charge on any atom is -0.494 e. The second kappa shape index (κ2) is 6.78. The lowest BCUT2D eigenvalue weighted by molar-refractivity contribution is 0.340. The molecule has 0 aliphatic carbocycles. The molecule has 4 heteroatoms. The van der Waals surface area contributed by atoms with E-state index in [2.05, 4.69) is 24.2 Å². The Morgan fingerprint density at radius 3 is 2.53 bits per heavy atom. The van der Waals surface area contributed by atoms with Gasteiger partial charge >= 0.3 is 0 Å². The van der Waals surface area contributed by atoms with E-state index >= 15 is 0 Å². The van der Waals surface area contributed by atoms with Crippen LogP contribution in [0.15, 0.2) is 29.3 Å². The molecule has 3 N–H and O–H groups in total. The Hall–Kier alpha value is -1.71. The van der Waals surface area contributed by atoms with Crippen molar-refractivity contribution in [3.8, 4) is 5.75 Å². The summed E-state index contributed by atoms with van der Waals surface area (Å²) in [5.41, 5.74) is 6.67. The van der Waals surface area contributed by atoms with Gasteiger partial charge in [-0.05, 0) is 37.1 Å². The van der Waals surface area contributed by atoms with E-state index in [9.17, 15) is 0 Å². The molecule has 0 fully saturated rings. The van der Waals surface area contributed by atoms with Gasteiger partial charge in [0, 0.05) is 12.2 Å². The maximum Gasteiger partial charge on any atom is 0.193 e. The van der Waals surface area contributed by atoms with Gasteiger partial charge in [0.25, 0.3) is 0 Å². The third-order valence-electron chi connectivity index (χ3n) is 2.06. The monoisotopic (exact) mass is 235 g/mol. The number of anilines is 1. The smallest absolute Gasteiger partial charge is 0.193 e. The molecule has 0 saturated heterocycles. The molecule has 0 amide bonds. The summed E-state index contributed by atoms with van der Waals surface area (Å²) in [4.78, 5) is 4.23. The quantitative estimate of drug-likeness (QED) is 0.609. The van der Waals surface area contributed by atoms with E-state index in [1.165, 1.54) is 0 Å². The molecule has 0 radical (unpaired) electrons. The van der Waals surface area contributed by atoms with Crippen LogP contribution in [0.4, 0.5) is 5.69 Å². The lowest BCUT2D eigenvalue weighted by Gasteiger charge is -2.08. The Kier molecular flexibility index (Phi) is 5.33. The minimum atomic E-state index is 0.447. The van der Waals surface area contributed by atoms with Gasteiger partial charge in [-0.25, -0.2) is 0 Å². The van der Waals surface area contributed by atoms with Crippen LogP contribution in [0, 0.1) is 5.92 Å². The zero-order chi connectivity index (χ0) is 12.7. The molecule has 1 aromatic rings. The van der Waals surface area contributed by atoms with E-state index in [4.69, 9.17) is 10.5 Å². The summed E-state index contributed by atoms with van der Waals surface area (Å²) < 4.78 is 5.36. The number of hydrogen-bond donors (Lipinski definition) is 2. The number of benzene rings is 1. The standard InChI is InChI=1S/C13H21N3O/c1-4-17-12-7-5-11(6-8-12)16-13(14)15-9-10(2)3/h5-8,10H,4,9H2,1-3H3,(H3,14,15,16). The van der Waals surface area contributed by atoms with Gasteiger partial charge in [-0.3, -0.25) is 4.99 Å². The highest BCUT2D eigenvalue weighted by molar-refractivity contribution is 5.92. The van der Waals surface area contributed by atoms with Crippen LogP contribution in [0.1, 0.15) is 20.8 Å². The maximum atomic E-state index is 5.76. The van der Waals surface area contributed by atoms with Crippen molar-refractivity contribution in [3.05, 3.63) is 24.3 Å².